The van der Waals surface area contributed by atoms with Crippen molar-refractivity contribution >= 4 is 0 Å². The third-order valence-corrected chi connectivity index (χ3v) is 4.62. The third-order valence-electron chi connectivity index (χ3n) is 4.62. The average Bonchev–Trinajstić information content (AvgIpc) is 2.81. The van der Waals surface area contributed by atoms with E-state index in [4.69, 9.17) is 0 Å². The number of hydrogen-bond donors (Lipinski definition) is 2. The second-order valence-electron chi connectivity index (χ2n) is 6.32. The van der Waals surface area contributed by atoms with Crippen LogP contribution in [0.1, 0.15) is 55.0 Å². The summed E-state index contributed by atoms with van der Waals surface area (Å²) in [5.74, 6) is 2.26. The molecule has 0 radical (unpaired) electrons. The van der Waals surface area contributed by atoms with Crippen LogP contribution in [0.3, 0.4) is 0 Å². The van der Waals surface area contributed by atoms with Crippen LogP contribution in [0.25, 0.3) is 0 Å². The maximum atomic E-state index is 9.24. The third kappa shape index (κ3) is 3.98. The molecule has 23 heavy (non-hydrogen) atoms. The van der Waals surface area contributed by atoms with E-state index in [-0.39, 0.29) is 12.6 Å². The van der Waals surface area contributed by atoms with Crippen molar-refractivity contribution in [1.82, 2.24) is 20.1 Å². The largest absolute Gasteiger partial charge is 0.392 e. The van der Waals surface area contributed by atoms with Crippen molar-refractivity contribution in [1.29, 1.82) is 0 Å². The molecular formula is C18H26N4O. The van der Waals surface area contributed by atoms with Crippen LogP contribution < -0.4 is 5.32 Å². The van der Waals surface area contributed by atoms with Crippen molar-refractivity contribution in [2.75, 3.05) is 6.54 Å². The Bertz CT molecular complexity index is 638. The van der Waals surface area contributed by atoms with E-state index in [0.717, 1.165) is 43.1 Å². The zero-order chi connectivity index (χ0) is 16.1. The molecule has 2 aromatic rings. The normalized spacial score (nSPS) is 15.9. The molecule has 0 bridgehead atoms. The molecule has 0 saturated heterocycles. The molecule has 3 rings (SSSR count). The number of fused-ring (bicyclic) bond motifs is 1. The summed E-state index contributed by atoms with van der Waals surface area (Å²) in [7, 11) is 0. The summed E-state index contributed by atoms with van der Waals surface area (Å²) < 4.78 is 2.31. The quantitative estimate of drug-likeness (QED) is 0.859. The lowest BCUT2D eigenvalue weighted by atomic mass is 10.1. The lowest BCUT2D eigenvalue weighted by Crippen LogP contribution is -2.23. The Morgan fingerprint density at radius 3 is 3.04 bits per heavy atom. The van der Waals surface area contributed by atoms with Gasteiger partial charge < -0.3 is 15.0 Å². The number of aromatic nitrogens is 3. The molecule has 2 heterocycles. The van der Waals surface area contributed by atoms with Crippen molar-refractivity contribution in [2.45, 2.75) is 58.2 Å². The van der Waals surface area contributed by atoms with Crippen LogP contribution in [-0.4, -0.2) is 26.4 Å². The van der Waals surface area contributed by atoms with Gasteiger partial charge in [-0.05, 0) is 30.9 Å². The van der Waals surface area contributed by atoms with Gasteiger partial charge >= 0.3 is 0 Å². The lowest BCUT2D eigenvalue weighted by Gasteiger charge is -2.15. The van der Waals surface area contributed by atoms with Crippen molar-refractivity contribution in [3.05, 3.63) is 47.0 Å². The summed E-state index contributed by atoms with van der Waals surface area (Å²) in [4.78, 5) is 0. The molecule has 1 aliphatic rings. The number of rotatable bonds is 6. The number of aliphatic hydroxyl groups is 1. The molecule has 0 amide bonds. The topological polar surface area (TPSA) is 63.0 Å². The number of nitrogens with zero attached hydrogens (tertiary/aromatic N) is 3. The van der Waals surface area contributed by atoms with Crippen LogP contribution in [0.4, 0.5) is 0 Å². The van der Waals surface area contributed by atoms with E-state index in [9.17, 15) is 5.11 Å². The second-order valence-corrected chi connectivity index (χ2v) is 6.32. The van der Waals surface area contributed by atoms with Gasteiger partial charge in [0.05, 0.1) is 6.61 Å². The highest BCUT2D eigenvalue weighted by molar-refractivity contribution is 5.25. The molecule has 5 heteroatoms. The van der Waals surface area contributed by atoms with E-state index in [1.807, 2.05) is 12.1 Å². The minimum Gasteiger partial charge on any atom is -0.392 e. The molecule has 5 nitrogen and oxygen atoms in total. The van der Waals surface area contributed by atoms with E-state index >= 15 is 0 Å². The predicted octanol–water partition coefficient (Wildman–Crippen LogP) is 2.39. The SMILES string of the molecule is CC(NCCc1nnc2n1CCCCC2)c1cccc(CO)c1. The highest BCUT2D eigenvalue weighted by Gasteiger charge is 2.14. The van der Waals surface area contributed by atoms with E-state index < -0.39 is 0 Å². The summed E-state index contributed by atoms with van der Waals surface area (Å²) >= 11 is 0. The standard InChI is InChI=1S/C18H26N4O/c1-14(16-7-5-6-15(12-16)13-23)19-10-9-18-21-20-17-8-3-2-4-11-22(17)18/h5-7,12,14,19,23H,2-4,8-11,13H2,1H3. The molecule has 124 valence electrons. The maximum Gasteiger partial charge on any atom is 0.134 e. The van der Waals surface area contributed by atoms with Gasteiger partial charge in [0.2, 0.25) is 0 Å². The van der Waals surface area contributed by atoms with Gasteiger partial charge in [-0.3, -0.25) is 0 Å². The summed E-state index contributed by atoms with van der Waals surface area (Å²) in [5, 5.41) is 21.5. The number of aryl methyl sites for hydroxylation is 1. The summed E-state index contributed by atoms with van der Waals surface area (Å²) in [5.41, 5.74) is 2.16. The molecule has 0 spiro atoms. The van der Waals surface area contributed by atoms with E-state index in [1.165, 1.54) is 24.8 Å². The average molecular weight is 314 g/mol. The van der Waals surface area contributed by atoms with Gasteiger partial charge in [-0.2, -0.15) is 0 Å². The van der Waals surface area contributed by atoms with Gasteiger partial charge in [-0.1, -0.05) is 30.7 Å². The van der Waals surface area contributed by atoms with Gasteiger partial charge in [-0.25, -0.2) is 0 Å². The Kier molecular flexibility index (Phi) is 5.41. The first-order chi connectivity index (χ1) is 11.3. The van der Waals surface area contributed by atoms with Crippen LogP contribution in [0.5, 0.6) is 0 Å². The Morgan fingerprint density at radius 2 is 2.17 bits per heavy atom. The Morgan fingerprint density at radius 1 is 1.26 bits per heavy atom. The molecule has 1 aromatic heterocycles. The van der Waals surface area contributed by atoms with Gasteiger partial charge in [0, 0.05) is 32.0 Å². The second kappa shape index (κ2) is 7.70. The van der Waals surface area contributed by atoms with Crippen LogP contribution >= 0.6 is 0 Å². The maximum absolute atomic E-state index is 9.24. The van der Waals surface area contributed by atoms with Gasteiger partial charge in [0.15, 0.2) is 0 Å². The fourth-order valence-corrected chi connectivity index (χ4v) is 3.21. The minimum absolute atomic E-state index is 0.0897. The van der Waals surface area contributed by atoms with Crippen molar-refractivity contribution in [2.24, 2.45) is 0 Å². The van der Waals surface area contributed by atoms with E-state index in [1.54, 1.807) is 0 Å². The van der Waals surface area contributed by atoms with E-state index in [0.29, 0.717) is 0 Å². The summed E-state index contributed by atoms with van der Waals surface area (Å²) in [6.07, 6.45) is 5.71. The Hall–Kier alpha value is -1.72. The Balaban J connectivity index is 1.56. The molecule has 0 aliphatic carbocycles. The minimum atomic E-state index is 0.0897. The first-order valence-electron chi connectivity index (χ1n) is 8.62. The first kappa shape index (κ1) is 16.1. The van der Waals surface area contributed by atoms with Crippen LogP contribution in [0.15, 0.2) is 24.3 Å². The molecule has 2 N–H and O–H groups in total. The summed E-state index contributed by atoms with van der Waals surface area (Å²) in [6, 6.07) is 8.35. The fraction of sp³-hybridized carbons (Fsp3) is 0.556. The highest BCUT2D eigenvalue weighted by Crippen LogP contribution is 2.16. The van der Waals surface area contributed by atoms with Gasteiger partial charge in [-0.15, -0.1) is 10.2 Å². The molecule has 0 fully saturated rings. The van der Waals surface area contributed by atoms with Crippen LogP contribution in [0.2, 0.25) is 0 Å². The zero-order valence-corrected chi connectivity index (χ0v) is 13.8. The molecule has 1 aliphatic heterocycles. The molecule has 1 unspecified atom stereocenters. The smallest absolute Gasteiger partial charge is 0.134 e. The molecular weight excluding hydrogens is 288 g/mol. The monoisotopic (exact) mass is 314 g/mol. The fourth-order valence-electron chi connectivity index (χ4n) is 3.21. The predicted molar refractivity (Wildman–Crippen MR) is 90.1 cm³/mol. The first-order valence-corrected chi connectivity index (χ1v) is 8.62. The van der Waals surface area contributed by atoms with Gasteiger partial charge in [0.25, 0.3) is 0 Å². The molecule has 1 atom stereocenters. The number of benzene rings is 1. The number of nitrogens with one attached hydrogen (secondary N) is 1. The van der Waals surface area contributed by atoms with Crippen molar-refractivity contribution in [3.8, 4) is 0 Å². The Labute approximate surface area is 137 Å². The van der Waals surface area contributed by atoms with Crippen LogP contribution in [0, 0.1) is 0 Å². The van der Waals surface area contributed by atoms with Crippen molar-refractivity contribution < 1.29 is 5.11 Å². The number of aliphatic hydroxyl groups excluding tert-OH is 1. The van der Waals surface area contributed by atoms with Crippen molar-refractivity contribution in [3.63, 3.8) is 0 Å². The highest BCUT2D eigenvalue weighted by atomic mass is 16.3. The zero-order valence-electron chi connectivity index (χ0n) is 13.8. The molecule has 0 saturated carbocycles. The summed E-state index contributed by atoms with van der Waals surface area (Å²) in [6.45, 7) is 4.18. The lowest BCUT2D eigenvalue weighted by molar-refractivity contribution is 0.281. The number of hydrogen-bond acceptors (Lipinski definition) is 4. The van der Waals surface area contributed by atoms with E-state index in [2.05, 4.69) is 39.1 Å². The van der Waals surface area contributed by atoms with Crippen LogP contribution in [-0.2, 0) is 26.0 Å². The molecule has 1 aromatic carbocycles. The van der Waals surface area contributed by atoms with Gasteiger partial charge in [0.1, 0.15) is 11.6 Å².